The lowest BCUT2D eigenvalue weighted by Gasteiger charge is -2.06. The Morgan fingerprint density at radius 3 is 2.77 bits per heavy atom. The standard InChI is InChI=1S/C8H8BrFN2O/c1-11-8(13)12-7-5(9)3-2-4-6(7)10/h2-4H,1H3,(H2,11,12,13). The summed E-state index contributed by atoms with van der Waals surface area (Å²) in [6.07, 6.45) is 0. The number of amides is 2. The van der Waals surface area contributed by atoms with E-state index < -0.39 is 11.8 Å². The van der Waals surface area contributed by atoms with Crippen LogP contribution in [0.25, 0.3) is 0 Å². The van der Waals surface area contributed by atoms with Gasteiger partial charge in [0.2, 0.25) is 0 Å². The van der Waals surface area contributed by atoms with Crippen LogP contribution in [0.3, 0.4) is 0 Å². The molecule has 2 amide bonds. The predicted molar refractivity (Wildman–Crippen MR) is 52.2 cm³/mol. The summed E-state index contributed by atoms with van der Waals surface area (Å²) in [6.45, 7) is 0. The van der Waals surface area contributed by atoms with Gasteiger partial charge in [0.25, 0.3) is 0 Å². The van der Waals surface area contributed by atoms with Crippen molar-refractivity contribution in [2.75, 3.05) is 12.4 Å². The van der Waals surface area contributed by atoms with E-state index in [1.807, 2.05) is 0 Å². The zero-order valence-electron chi connectivity index (χ0n) is 6.90. The zero-order valence-corrected chi connectivity index (χ0v) is 8.48. The van der Waals surface area contributed by atoms with E-state index in [1.54, 1.807) is 12.1 Å². The number of nitrogens with one attached hydrogen (secondary N) is 2. The molecule has 0 radical (unpaired) electrons. The first kappa shape index (κ1) is 9.98. The first-order valence-corrected chi connectivity index (χ1v) is 4.37. The van der Waals surface area contributed by atoms with Gasteiger partial charge in [-0.1, -0.05) is 6.07 Å². The summed E-state index contributed by atoms with van der Waals surface area (Å²) in [5, 5.41) is 4.69. The lowest BCUT2D eigenvalue weighted by Crippen LogP contribution is -2.25. The molecule has 70 valence electrons. The minimum Gasteiger partial charge on any atom is -0.341 e. The van der Waals surface area contributed by atoms with Crippen LogP contribution in [0.1, 0.15) is 0 Å². The van der Waals surface area contributed by atoms with Crippen LogP contribution < -0.4 is 10.6 Å². The van der Waals surface area contributed by atoms with E-state index >= 15 is 0 Å². The van der Waals surface area contributed by atoms with Crippen molar-refractivity contribution in [3.8, 4) is 0 Å². The fourth-order valence-electron chi connectivity index (χ4n) is 0.793. The average molecular weight is 247 g/mol. The molecule has 0 aliphatic rings. The second-order valence-electron chi connectivity index (χ2n) is 2.30. The number of hydrogen-bond acceptors (Lipinski definition) is 1. The van der Waals surface area contributed by atoms with Crippen LogP contribution in [0, 0.1) is 5.82 Å². The third kappa shape index (κ3) is 2.42. The second-order valence-corrected chi connectivity index (χ2v) is 3.16. The molecule has 1 rings (SSSR count). The molecule has 0 fully saturated rings. The first-order chi connectivity index (χ1) is 6.15. The monoisotopic (exact) mass is 246 g/mol. The molecule has 0 aliphatic carbocycles. The summed E-state index contributed by atoms with van der Waals surface area (Å²) >= 11 is 3.12. The maximum Gasteiger partial charge on any atom is 0.319 e. The number of carbonyl (C=O) groups excluding carboxylic acids is 1. The van der Waals surface area contributed by atoms with Gasteiger partial charge in [0.1, 0.15) is 5.82 Å². The van der Waals surface area contributed by atoms with Crippen molar-refractivity contribution in [2.24, 2.45) is 0 Å². The number of halogens is 2. The van der Waals surface area contributed by atoms with Gasteiger partial charge in [-0.3, -0.25) is 0 Å². The van der Waals surface area contributed by atoms with Gasteiger partial charge in [-0.15, -0.1) is 0 Å². The van der Waals surface area contributed by atoms with E-state index in [9.17, 15) is 9.18 Å². The lowest BCUT2D eigenvalue weighted by molar-refractivity contribution is 0.254. The molecule has 0 aliphatic heterocycles. The van der Waals surface area contributed by atoms with Crippen molar-refractivity contribution in [2.45, 2.75) is 0 Å². The van der Waals surface area contributed by atoms with Crippen LogP contribution in [-0.2, 0) is 0 Å². The van der Waals surface area contributed by atoms with E-state index in [2.05, 4.69) is 26.6 Å². The lowest BCUT2D eigenvalue weighted by atomic mass is 10.3. The summed E-state index contributed by atoms with van der Waals surface area (Å²) in [4.78, 5) is 10.9. The Balaban J connectivity index is 2.93. The van der Waals surface area contributed by atoms with Crippen molar-refractivity contribution in [3.63, 3.8) is 0 Å². The van der Waals surface area contributed by atoms with Gasteiger partial charge in [-0.05, 0) is 28.1 Å². The fourth-order valence-corrected chi connectivity index (χ4v) is 1.23. The highest BCUT2D eigenvalue weighted by atomic mass is 79.9. The largest absolute Gasteiger partial charge is 0.341 e. The van der Waals surface area contributed by atoms with Crippen LogP contribution in [0.4, 0.5) is 14.9 Å². The van der Waals surface area contributed by atoms with Gasteiger partial charge >= 0.3 is 6.03 Å². The Bertz CT molecular complexity index is 310. The van der Waals surface area contributed by atoms with Gasteiger partial charge < -0.3 is 10.6 Å². The minimum absolute atomic E-state index is 0.141. The molecule has 0 unspecified atom stereocenters. The molecule has 0 spiro atoms. The Morgan fingerprint density at radius 2 is 2.23 bits per heavy atom. The molecular formula is C8H8BrFN2O. The molecule has 0 aromatic heterocycles. The highest BCUT2D eigenvalue weighted by Gasteiger charge is 2.08. The molecule has 1 aromatic carbocycles. The Morgan fingerprint density at radius 1 is 1.54 bits per heavy atom. The highest BCUT2D eigenvalue weighted by molar-refractivity contribution is 9.10. The number of anilines is 1. The van der Waals surface area contributed by atoms with Crippen molar-refractivity contribution in [3.05, 3.63) is 28.5 Å². The third-order valence-electron chi connectivity index (χ3n) is 1.43. The highest BCUT2D eigenvalue weighted by Crippen LogP contribution is 2.24. The number of benzene rings is 1. The molecule has 0 saturated heterocycles. The number of hydrogen-bond donors (Lipinski definition) is 2. The summed E-state index contributed by atoms with van der Waals surface area (Å²) < 4.78 is 13.6. The van der Waals surface area contributed by atoms with Gasteiger partial charge in [-0.25, -0.2) is 9.18 Å². The van der Waals surface area contributed by atoms with Crippen molar-refractivity contribution < 1.29 is 9.18 Å². The second kappa shape index (κ2) is 4.23. The van der Waals surface area contributed by atoms with E-state index in [0.717, 1.165) is 0 Å². The van der Waals surface area contributed by atoms with E-state index in [1.165, 1.54) is 13.1 Å². The summed E-state index contributed by atoms with van der Waals surface area (Å²) in [7, 11) is 1.46. The molecule has 0 saturated carbocycles. The molecule has 2 N–H and O–H groups in total. The number of urea groups is 1. The summed E-state index contributed by atoms with van der Waals surface area (Å²) in [5.74, 6) is -0.474. The van der Waals surface area contributed by atoms with Crippen molar-refractivity contribution >= 4 is 27.6 Å². The SMILES string of the molecule is CNC(=O)Nc1c(F)cccc1Br. The van der Waals surface area contributed by atoms with E-state index in [-0.39, 0.29) is 5.69 Å². The molecule has 13 heavy (non-hydrogen) atoms. The summed E-state index contributed by atoms with van der Waals surface area (Å²) in [5.41, 5.74) is 0.141. The van der Waals surface area contributed by atoms with Crippen molar-refractivity contribution in [1.82, 2.24) is 5.32 Å². The summed E-state index contributed by atoms with van der Waals surface area (Å²) in [6, 6.07) is 4.02. The number of carbonyl (C=O) groups is 1. The van der Waals surface area contributed by atoms with Crippen LogP contribution >= 0.6 is 15.9 Å². The number of rotatable bonds is 1. The Kier molecular flexibility index (Phi) is 3.25. The molecule has 1 aromatic rings. The van der Waals surface area contributed by atoms with E-state index in [0.29, 0.717) is 4.47 Å². The predicted octanol–water partition coefficient (Wildman–Crippen LogP) is 2.34. The molecular weight excluding hydrogens is 239 g/mol. The first-order valence-electron chi connectivity index (χ1n) is 3.58. The maximum atomic E-state index is 13.1. The average Bonchev–Trinajstić information content (AvgIpc) is 2.11. The van der Waals surface area contributed by atoms with Gasteiger partial charge in [0.05, 0.1) is 5.69 Å². The Labute approximate surface area is 83.5 Å². The van der Waals surface area contributed by atoms with Crippen LogP contribution in [0.5, 0.6) is 0 Å². The van der Waals surface area contributed by atoms with Gasteiger partial charge in [-0.2, -0.15) is 0 Å². The van der Waals surface area contributed by atoms with Gasteiger partial charge in [0, 0.05) is 11.5 Å². The number of para-hydroxylation sites is 1. The Hall–Kier alpha value is -1.10. The molecule has 0 atom stereocenters. The molecule has 5 heteroatoms. The molecule has 0 bridgehead atoms. The van der Waals surface area contributed by atoms with Gasteiger partial charge in [0.15, 0.2) is 0 Å². The minimum atomic E-state index is -0.474. The topological polar surface area (TPSA) is 41.1 Å². The van der Waals surface area contributed by atoms with E-state index in [4.69, 9.17) is 0 Å². The molecule has 3 nitrogen and oxygen atoms in total. The quantitative estimate of drug-likeness (QED) is 0.785. The maximum absolute atomic E-state index is 13.1. The van der Waals surface area contributed by atoms with Crippen LogP contribution in [-0.4, -0.2) is 13.1 Å². The van der Waals surface area contributed by atoms with Crippen molar-refractivity contribution in [1.29, 1.82) is 0 Å². The van der Waals surface area contributed by atoms with Crippen LogP contribution in [0.15, 0.2) is 22.7 Å². The third-order valence-corrected chi connectivity index (χ3v) is 2.09. The molecule has 0 heterocycles. The fraction of sp³-hybridized carbons (Fsp3) is 0.125. The van der Waals surface area contributed by atoms with Crippen LogP contribution in [0.2, 0.25) is 0 Å². The smallest absolute Gasteiger partial charge is 0.319 e. The zero-order chi connectivity index (χ0) is 9.84. The normalized spacial score (nSPS) is 9.46.